The molecule has 0 aliphatic heterocycles. The Hall–Kier alpha value is 0.200. The molecule has 0 atom stereocenters. The number of hydrogen-bond acceptors (Lipinski definition) is 3. The van der Waals surface area contributed by atoms with Crippen LogP contribution in [-0.2, 0) is 11.2 Å². The summed E-state index contributed by atoms with van der Waals surface area (Å²) in [7, 11) is 0. The molecule has 5 heteroatoms. The lowest BCUT2D eigenvalue weighted by molar-refractivity contribution is 0.137. The van der Waals surface area contributed by atoms with Gasteiger partial charge in [0.25, 0.3) is 0 Å². The van der Waals surface area contributed by atoms with Crippen LogP contribution in [-0.4, -0.2) is 25.8 Å². The van der Waals surface area contributed by atoms with E-state index >= 15 is 0 Å². The van der Waals surface area contributed by atoms with Crippen molar-refractivity contribution < 1.29 is 4.74 Å². The van der Waals surface area contributed by atoms with E-state index in [1.54, 1.807) is 0 Å². The molecule has 0 saturated carbocycles. The first-order valence-electron chi connectivity index (χ1n) is 5.34. The first kappa shape index (κ1) is 14.3. The molecule has 92 valence electrons. The number of halogens is 2. The average Bonchev–Trinajstić information content (AvgIpc) is 2.50. The van der Waals surface area contributed by atoms with Crippen molar-refractivity contribution in [2.75, 3.05) is 19.8 Å². The third kappa shape index (κ3) is 5.51. The highest BCUT2D eigenvalue weighted by molar-refractivity contribution is 7.20. The van der Waals surface area contributed by atoms with E-state index in [0.29, 0.717) is 12.6 Å². The third-order valence-corrected chi connectivity index (χ3v) is 3.61. The van der Waals surface area contributed by atoms with Gasteiger partial charge < -0.3 is 10.1 Å². The average molecular weight is 282 g/mol. The van der Waals surface area contributed by atoms with Crippen LogP contribution in [0.3, 0.4) is 0 Å². The number of nitrogens with one attached hydrogen (secondary N) is 1. The molecule has 1 aromatic rings. The van der Waals surface area contributed by atoms with Gasteiger partial charge in [-0.2, -0.15) is 0 Å². The van der Waals surface area contributed by atoms with Gasteiger partial charge in [-0.25, -0.2) is 0 Å². The van der Waals surface area contributed by atoms with E-state index in [1.165, 1.54) is 11.3 Å². The molecule has 0 bridgehead atoms. The predicted octanol–water partition coefficient (Wildman–Crippen LogP) is 3.61. The molecule has 1 aromatic heterocycles. The SMILES string of the molecule is CC(C)NCCOCCc1cc(Cl)sc1Cl. The fourth-order valence-electron chi connectivity index (χ4n) is 1.25. The van der Waals surface area contributed by atoms with E-state index in [0.717, 1.165) is 33.8 Å². The maximum atomic E-state index is 5.99. The molecule has 0 saturated heterocycles. The Morgan fingerprint density at radius 3 is 2.69 bits per heavy atom. The van der Waals surface area contributed by atoms with Gasteiger partial charge in [0, 0.05) is 12.6 Å². The van der Waals surface area contributed by atoms with Crippen molar-refractivity contribution in [2.45, 2.75) is 26.3 Å². The first-order valence-corrected chi connectivity index (χ1v) is 6.91. The minimum absolute atomic E-state index is 0.508. The highest BCUT2D eigenvalue weighted by atomic mass is 35.5. The van der Waals surface area contributed by atoms with Crippen molar-refractivity contribution in [3.63, 3.8) is 0 Å². The molecular formula is C11H17Cl2NOS. The molecule has 0 aliphatic carbocycles. The molecule has 0 radical (unpaired) electrons. The molecule has 2 nitrogen and oxygen atoms in total. The van der Waals surface area contributed by atoms with Gasteiger partial charge in [0.2, 0.25) is 0 Å². The van der Waals surface area contributed by atoms with Gasteiger partial charge in [0.1, 0.15) is 0 Å². The standard InChI is InChI=1S/C11H17Cl2NOS/c1-8(2)14-4-6-15-5-3-9-7-10(12)16-11(9)13/h7-8,14H,3-6H2,1-2H3. The summed E-state index contributed by atoms with van der Waals surface area (Å²) in [5, 5.41) is 3.29. The van der Waals surface area contributed by atoms with Crippen LogP contribution in [0.4, 0.5) is 0 Å². The summed E-state index contributed by atoms with van der Waals surface area (Å²) in [6, 6.07) is 2.42. The highest BCUT2D eigenvalue weighted by Crippen LogP contribution is 2.31. The Bertz CT molecular complexity index is 315. The molecule has 1 rings (SSSR count). The monoisotopic (exact) mass is 281 g/mol. The summed E-state index contributed by atoms with van der Waals surface area (Å²) in [5.41, 5.74) is 1.08. The van der Waals surface area contributed by atoms with Crippen LogP contribution >= 0.6 is 34.5 Å². The van der Waals surface area contributed by atoms with E-state index in [9.17, 15) is 0 Å². The van der Waals surface area contributed by atoms with Gasteiger partial charge in [0.15, 0.2) is 0 Å². The number of rotatable bonds is 7. The van der Waals surface area contributed by atoms with E-state index < -0.39 is 0 Å². The van der Waals surface area contributed by atoms with Gasteiger partial charge in [0.05, 0.1) is 21.9 Å². The second-order valence-corrected chi connectivity index (χ2v) is 6.11. The Kier molecular flexibility index (Phi) is 6.70. The van der Waals surface area contributed by atoms with Gasteiger partial charge in [-0.15, -0.1) is 11.3 Å². The maximum absolute atomic E-state index is 5.99. The smallest absolute Gasteiger partial charge is 0.0977 e. The molecule has 0 unspecified atom stereocenters. The molecule has 0 amide bonds. The van der Waals surface area contributed by atoms with Crippen molar-refractivity contribution in [3.05, 3.63) is 20.3 Å². The molecule has 16 heavy (non-hydrogen) atoms. The number of hydrogen-bond donors (Lipinski definition) is 1. The van der Waals surface area contributed by atoms with Gasteiger partial charge >= 0.3 is 0 Å². The Balaban J connectivity index is 2.09. The summed E-state index contributed by atoms with van der Waals surface area (Å²) in [6.07, 6.45) is 0.823. The topological polar surface area (TPSA) is 21.3 Å². The molecule has 1 N–H and O–H groups in total. The van der Waals surface area contributed by atoms with E-state index in [-0.39, 0.29) is 0 Å². The van der Waals surface area contributed by atoms with Crippen molar-refractivity contribution in [2.24, 2.45) is 0 Å². The summed E-state index contributed by atoms with van der Waals surface area (Å²) < 4.78 is 7.00. The summed E-state index contributed by atoms with van der Waals surface area (Å²) in [4.78, 5) is 0. The van der Waals surface area contributed by atoms with Crippen LogP contribution in [0.15, 0.2) is 6.07 Å². The lowest BCUT2D eigenvalue weighted by Gasteiger charge is -2.08. The normalized spacial score (nSPS) is 11.3. The molecular weight excluding hydrogens is 265 g/mol. The summed E-state index contributed by atoms with van der Waals surface area (Å²) in [5.74, 6) is 0. The van der Waals surface area contributed by atoms with Crippen LogP contribution in [0.25, 0.3) is 0 Å². The quantitative estimate of drug-likeness (QED) is 0.771. The molecule has 1 heterocycles. The van der Waals surface area contributed by atoms with E-state index in [2.05, 4.69) is 19.2 Å². The number of thiophene rings is 1. The van der Waals surface area contributed by atoms with E-state index in [1.807, 2.05) is 6.07 Å². The van der Waals surface area contributed by atoms with E-state index in [4.69, 9.17) is 27.9 Å². The molecule has 0 fully saturated rings. The van der Waals surface area contributed by atoms with Crippen molar-refractivity contribution in [1.82, 2.24) is 5.32 Å². The third-order valence-electron chi connectivity index (χ3n) is 2.04. The lowest BCUT2D eigenvalue weighted by atomic mass is 10.2. The Labute approximate surface area is 111 Å². The van der Waals surface area contributed by atoms with Crippen LogP contribution in [0.2, 0.25) is 8.67 Å². The second kappa shape index (κ2) is 7.51. The minimum Gasteiger partial charge on any atom is -0.380 e. The second-order valence-electron chi connectivity index (χ2n) is 3.82. The summed E-state index contributed by atoms with van der Waals surface area (Å²) in [6.45, 7) is 6.54. The fraction of sp³-hybridized carbons (Fsp3) is 0.636. The lowest BCUT2D eigenvalue weighted by Crippen LogP contribution is -2.26. The zero-order valence-electron chi connectivity index (χ0n) is 9.56. The summed E-state index contributed by atoms with van der Waals surface area (Å²) >= 11 is 13.2. The maximum Gasteiger partial charge on any atom is 0.0977 e. The molecule has 0 aromatic carbocycles. The van der Waals surface area contributed by atoms with Crippen LogP contribution in [0.1, 0.15) is 19.4 Å². The van der Waals surface area contributed by atoms with Gasteiger partial charge in [-0.3, -0.25) is 0 Å². The predicted molar refractivity (Wildman–Crippen MR) is 72.0 cm³/mol. The van der Waals surface area contributed by atoms with Gasteiger partial charge in [-0.1, -0.05) is 37.0 Å². The minimum atomic E-state index is 0.508. The molecule has 0 aliphatic rings. The number of ether oxygens (including phenoxy) is 1. The highest BCUT2D eigenvalue weighted by Gasteiger charge is 2.05. The van der Waals surface area contributed by atoms with Crippen LogP contribution in [0, 0.1) is 0 Å². The zero-order chi connectivity index (χ0) is 12.0. The zero-order valence-corrected chi connectivity index (χ0v) is 11.9. The Morgan fingerprint density at radius 2 is 2.12 bits per heavy atom. The fourth-order valence-corrected chi connectivity index (χ4v) is 2.79. The van der Waals surface area contributed by atoms with Gasteiger partial charge in [-0.05, 0) is 18.1 Å². The van der Waals surface area contributed by atoms with Crippen LogP contribution in [0.5, 0.6) is 0 Å². The van der Waals surface area contributed by atoms with Crippen molar-refractivity contribution >= 4 is 34.5 Å². The molecule has 0 spiro atoms. The van der Waals surface area contributed by atoms with Crippen molar-refractivity contribution in [3.8, 4) is 0 Å². The van der Waals surface area contributed by atoms with Crippen molar-refractivity contribution in [1.29, 1.82) is 0 Å². The largest absolute Gasteiger partial charge is 0.380 e. The Morgan fingerprint density at radius 1 is 1.38 bits per heavy atom. The first-order chi connectivity index (χ1) is 7.59. The van der Waals surface area contributed by atoms with Crippen LogP contribution < -0.4 is 5.32 Å².